The summed E-state index contributed by atoms with van der Waals surface area (Å²) in [4.78, 5) is 12.3. The van der Waals surface area contributed by atoms with E-state index in [1.807, 2.05) is 6.92 Å². The molecule has 0 aliphatic heterocycles. The van der Waals surface area contributed by atoms with Gasteiger partial charge >= 0.3 is 5.97 Å². The highest BCUT2D eigenvalue weighted by Gasteiger charge is 2.16. The van der Waals surface area contributed by atoms with E-state index in [9.17, 15) is 4.79 Å². The summed E-state index contributed by atoms with van der Waals surface area (Å²) in [6.45, 7) is 9.23. The Labute approximate surface area is 180 Å². The highest BCUT2D eigenvalue weighted by molar-refractivity contribution is 5.77. The lowest BCUT2D eigenvalue weighted by Gasteiger charge is -2.13. The SMILES string of the molecule is CCCCCCCCCCCCCCOC(=O)C(C)c1ccc(CC(C)C)cc1. The van der Waals surface area contributed by atoms with Crippen LogP contribution >= 0.6 is 0 Å². The van der Waals surface area contributed by atoms with Gasteiger partial charge in [0.1, 0.15) is 0 Å². The quantitative estimate of drug-likeness (QED) is 0.194. The highest BCUT2D eigenvalue weighted by atomic mass is 16.5. The van der Waals surface area contributed by atoms with Crippen molar-refractivity contribution in [3.63, 3.8) is 0 Å². The lowest BCUT2D eigenvalue weighted by atomic mass is 9.97. The first-order chi connectivity index (χ1) is 14.0. The predicted molar refractivity (Wildman–Crippen MR) is 125 cm³/mol. The molecule has 0 aliphatic carbocycles. The van der Waals surface area contributed by atoms with Crippen molar-refractivity contribution in [3.8, 4) is 0 Å². The molecule has 0 radical (unpaired) electrons. The second-order valence-electron chi connectivity index (χ2n) is 9.12. The summed E-state index contributed by atoms with van der Waals surface area (Å²) >= 11 is 0. The maximum absolute atomic E-state index is 12.3. The fourth-order valence-corrected chi connectivity index (χ4v) is 3.79. The molecule has 1 atom stereocenters. The fraction of sp³-hybridized carbons (Fsp3) is 0.741. The molecule has 1 aromatic carbocycles. The van der Waals surface area contributed by atoms with Gasteiger partial charge in [-0.2, -0.15) is 0 Å². The fourth-order valence-electron chi connectivity index (χ4n) is 3.79. The van der Waals surface area contributed by atoms with Crippen LogP contribution in [0.2, 0.25) is 0 Å². The minimum atomic E-state index is -0.180. The van der Waals surface area contributed by atoms with Gasteiger partial charge < -0.3 is 4.74 Å². The number of esters is 1. The summed E-state index contributed by atoms with van der Waals surface area (Å²) < 4.78 is 5.51. The van der Waals surface area contributed by atoms with Gasteiger partial charge in [0.05, 0.1) is 12.5 Å². The zero-order chi connectivity index (χ0) is 21.3. The second-order valence-corrected chi connectivity index (χ2v) is 9.12. The molecule has 0 fully saturated rings. The van der Waals surface area contributed by atoms with Crippen LogP contribution in [0, 0.1) is 5.92 Å². The summed E-state index contributed by atoms with van der Waals surface area (Å²) in [5.41, 5.74) is 2.39. The molecule has 0 spiro atoms. The van der Waals surface area contributed by atoms with Crippen molar-refractivity contribution in [2.45, 2.75) is 117 Å². The van der Waals surface area contributed by atoms with E-state index in [0.29, 0.717) is 12.5 Å². The van der Waals surface area contributed by atoms with E-state index in [1.165, 1.54) is 76.2 Å². The molecule has 2 nitrogen and oxygen atoms in total. The van der Waals surface area contributed by atoms with Gasteiger partial charge in [-0.1, -0.05) is 116 Å². The van der Waals surface area contributed by atoms with E-state index in [1.54, 1.807) is 0 Å². The molecule has 0 amide bonds. The number of hydrogen-bond acceptors (Lipinski definition) is 2. The molecule has 0 saturated carbocycles. The summed E-state index contributed by atoms with van der Waals surface area (Å²) in [5, 5.41) is 0. The van der Waals surface area contributed by atoms with Crippen molar-refractivity contribution in [2.75, 3.05) is 6.61 Å². The predicted octanol–water partition coefficient (Wildman–Crippen LogP) is 8.23. The Balaban J connectivity index is 2.03. The van der Waals surface area contributed by atoms with Gasteiger partial charge in [0, 0.05) is 0 Å². The first kappa shape index (κ1) is 25.7. The Morgan fingerprint density at radius 2 is 1.24 bits per heavy atom. The van der Waals surface area contributed by atoms with Crippen molar-refractivity contribution in [2.24, 2.45) is 5.92 Å². The summed E-state index contributed by atoms with van der Waals surface area (Å²) in [6.07, 6.45) is 16.9. The maximum Gasteiger partial charge on any atom is 0.313 e. The van der Waals surface area contributed by atoms with Crippen molar-refractivity contribution >= 4 is 5.97 Å². The molecule has 0 saturated heterocycles. The number of benzene rings is 1. The molecule has 0 bridgehead atoms. The topological polar surface area (TPSA) is 26.3 Å². The number of unbranched alkanes of at least 4 members (excludes halogenated alkanes) is 11. The van der Waals surface area contributed by atoms with E-state index in [2.05, 4.69) is 45.0 Å². The largest absolute Gasteiger partial charge is 0.465 e. The van der Waals surface area contributed by atoms with Gasteiger partial charge in [-0.25, -0.2) is 0 Å². The van der Waals surface area contributed by atoms with Gasteiger partial charge in [-0.05, 0) is 36.8 Å². The standard InChI is InChI=1S/C27H46O2/c1-5-6-7-8-9-10-11-12-13-14-15-16-21-29-27(28)24(4)26-19-17-25(18-20-26)22-23(2)3/h17-20,23-24H,5-16,21-22H2,1-4H3. The lowest BCUT2D eigenvalue weighted by Crippen LogP contribution is -2.14. The van der Waals surface area contributed by atoms with Crippen LogP contribution in [0.4, 0.5) is 0 Å². The van der Waals surface area contributed by atoms with Crippen molar-refractivity contribution in [1.29, 1.82) is 0 Å². The van der Waals surface area contributed by atoms with Crippen LogP contribution in [-0.4, -0.2) is 12.6 Å². The summed E-state index contributed by atoms with van der Waals surface area (Å²) in [6, 6.07) is 8.44. The van der Waals surface area contributed by atoms with Gasteiger partial charge in [-0.15, -0.1) is 0 Å². The minimum absolute atomic E-state index is 0.0929. The van der Waals surface area contributed by atoms with Crippen LogP contribution in [0.15, 0.2) is 24.3 Å². The van der Waals surface area contributed by atoms with Crippen LogP contribution < -0.4 is 0 Å². The number of carbonyl (C=O) groups excluding carboxylic acids is 1. The molecule has 166 valence electrons. The van der Waals surface area contributed by atoms with Crippen LogP contribution in [0.1, 0.15) is 122 Å². The normalized spacial score (nSPS) is 12.3. The maximum atomic E-state index is 12.3. The van der Waals surface area contributed by atoms with Crippen LogP contribution in [0.25, 0.3) is 0 Å². The Morgan fingerprint density at radius 3 is 1.72 bits per heavy atom. The van der Waals surface area contributed by atoms with Crippen molar-refractivity contribution in [3.05, 3.63) is 35.4 Å². The molecule has 1 unspecified atom stereocenters. The third kappa shape index (κ3) is 12.8. The number of hydrogen-bond donors (Lipinski definition) is 0. The Kier molecular flexibility index (Phi) is 14.6. The number of carbonyl (C=O) groups is 1. The zero-order valence-electron chi connectivity index (χ0n) is 19.7. The first-order valence-corrected chi connectivity index (χ1v) is 12.3. The Hall–Kier alpha value is -1.31. The van der Waals surface area contributed by atoms with Gasteiger partial charge in [0.15, 0.2) is 0 Å². The van der Waals surface area contributed by atoms with Crippen LogP contribution in [0.3, 0.4) is 0 Å². The smallest absolute Gasteiger partial charge is 0.313 e. The zero-order valence-corrected chi connectivity index (χ0v) is 19.7. The van der Waals surface area contributed by atoms with E-state index < -0.39 is 0 Å². The van der Waals surface area contributed by atoms with E-state index >= 15 is 0 Å². The van der Waals surface area contributed by atoms with Gasteiger partial charge in [0.2, 0.25) is 0 Å². The monoisotopic (exact) mass is 402 g/mol. The molecule has 0 aromatic heterocycles. The van der Waals surface area contributed by atoms with Crippen LogP contribution in [-0.2, 0) is 16.0 Å². The average molecular weight is 403 g/mol. The van der Waals surface area contributed by atoms with E-state index in [4.69, 9.17) is 4.74 Å². The molecular weight excluding hydrogens is 356 g/mol. The van der Waals surface area contributed by atoms with E-state index in [-0.39, 0.29) is 11.9 Å². The lowest BCUT2D eigenvalue weighted by molar-refractivity contribution is -0.145. The van der Waals surface area contributed by atoms with Crippen molar-refractivity contribution in [1.82, 2.24) is 0 Å². The van der Waals surface area contributed by atoms with Crippen molar-refractivity contribution < 1.29 is 9.53 Å². The molecule has 0 aliphatic rings. The summed E-state index contributed by atoms with van der Waals surface area (Å²) in [7, 11) is 0. The van der Waals surface area contributed by atoms with Gasteiger partial charge in [-0.3, -0.25) is 4.79 Å². The third-order valence-electron chi connectivity index (χ3n) is 5.72. The highest BCUT2D eigenvalue weighted by Crippen LogP contribution is 2.19. The number of rotatable bonds is 17. The Morgan fingerprint density at radius 1 is 0.759 bits per heavy atom. The summed E-state index contributed by atoms with van der Waals surface area (Å²) in [5.74, 6) is 0.379. The second kappa shape index (κ2) is 16.5. The minimum Gasteiger partial charge on any atom is -0.465 e. The molecule has 2 heteroatoms. The Bertz CT molecular complexity index is 518. The average Bonchev–Trinajstić information content (AvgIpc) is 2.71. The molecule has 0 N–H and O–H groups in total. The van der Waals surface area contributed by atoms with Crippen LogP contribution in [0.5, 0.6) is 0 Å². The molecular formula is C27H46O2. The molecule has 1 rings (SSSR count). The van der Waals surface area contributed by atoms with Gasteiger partial charge in [0.25, 0.3) is 0 Å². The molecule has 1 aromatic rings. The number of ether oxygens (including phenoxy) is 1. The third-order valence-corrected chi connectivity index (χ3v) is 5.72. The molecule has 29 heavy (non-hydrogen) atoms. The first-order valence-electron chi connectivity index (χ1n) is 12.3. The molecule has 0 heterocycles. The van der Waals surface area contributed by atoms with E-state index in [0.717, 1.165) is 18.4 Å².